The Bertz CT molecular complexity index is 1770. The van der Waals surface area contributed by atoms with E-state index in [-0.39, 0.29) is 11.0 Å². The predicted molar refractivity (Wildman–Crippen MR) is 188 cm³/mol. The molecule has 0 bridgehead atoms. The molecule has 0 N–H and O–H groups in total. The van der Waals surface area contributed by atoms with E-state index in [0.29, 0.717) is 0 Å². The highest BCUT2D eigenvalue weighted by Gasteiger charge is 2.58. The van der Waals surface area contributed by atoms with Crippen LogP contribution in [-0.2, 0) is 23.9 Å². The van der Waals surface area contributed by atoms with Crippen LogP contribution in [-0.4, -0.2) is 0 Å². The summed E-state index contributed by atoms with van der Waals surface area (Å²) in [6.45, 7) is 12.9. The van der Waals surface area contributed by atoms with E-state index in [0.717, 1.165) is 38.6 Å². The summed E-state index contributed by atoms with van der Waals surface area (Å²) in [5, 5.41) is 0. The normalized spacial score (nSPS) is 18.8. The predicted octanol–water partition coefficient (Wildman–Crippen LogP) is 10.2. The van der Waals surface area contributed by atoms with Crippen molar-refractivity contribution in [1.82, 2.24) is 0 Å². The van der Waals surface area contributed by atoms with Crippen LogP contribution in [0.2, 0.25) is 0 Å². The lowest BCUT2D eigenvalue weighted by Gasteiger charge is -2.48. The fraction of sp³-hybridized carbons (Fsp3) is 0.349. The summed E-state index contributed by atoms with van der Waals surface area (Å²) in [6, 6.07) is 38.5. The monoisotopic (exact) mass is 594 g/mol. The molecule has 2 atom stereocenters. The van der Waals surface area contributed by atoms with Crippen LogP contribution in [0.4, 0.5) is 0 Å². The summed E-state index contributed by atoms with van der Waals surface area (Å²) < 4.78 is 5.15. The summed E-state index contributed by atoms with van der Waals surface area (Å²) in [6.07, 6.45) is 12.7. The fourth-order valence-corrected chi connectivity index (χ4v) is 8.25. The van der Waals surface area contributed by atoms with Gasteiger partial charge in [0.2, 0.25) is 11.4 Å². The van der Waals surface area contributed by atoms with Crippen molar-refractivity contribution < 1.29 is 9.13 Å². The first-order chi connectivity index (χ1) is 22.0. The summed E-state index contributed by atoms with van der Waals surface area (Å²) in [7, 11) is 0. The van der Waals surface area contributed by atoms with Gasteiger partial charge in [-0.05, 0) is 85.2 Å². The van der Waals surface area contributed by atoms with E-state index in [9.17, 15) is 0 Å². The SMILES string of the molecule is CCCCc1ccc2c(c1)-c1cccc[n+]1C(CC)(CCC[n+]1ccccc1-c1ccc(-c3ccccc3)cc1C)C2(C)CC. The van der Waals surface area contributed by atoms with E-state index >= 15 is 0 Å². The molecule has 2 heteroatoms. The standard InChI is InChI=1S/C43H50N2/c1-6-9-18-34-23-26-39-38(32-34)41-22-14-16-30-45(41)43(8-3,42(39,5)7-2)27-17-29-44-28-15-13-21-40(44)37-25-24-36(31-33(37)4)35-19-11-10-12-20-35/h10-16,19-26,28,30-32H,6-9,17-18,27,29H2,1-5H3/q+2. The molecule has 0 saturated carbocycles. The van der Waals surface area contributed by atoms with E-state index in [1.807, 2.05) is 0 Å². The van der Waals surface area contributed by atoms with Crippen LogP contribution in [0.15, 0.2) is 116 Å². The number of nitrogens with zero attached hydrogens (tertiary/aromatic N) is 2. The third-order valence-corrected chi connectivity index (χ3v) is 11.0. The molecule has 6 rings (SSSR count). The summed E-state index contributed by atoms with van der Waals surface area (Å²) in [5.41, 5.74) is 12.3. The quantitative estimate of drug-likeness (QED) is 0.134. The first-order valence-corrected chi connectivity index (χ1v) is 17.3. The summed E-state index contributed by atoms with van der Waals surface area (Å²) in [5.74, 6) is 0. The second-order valence-electron chi connectivity index (χ2n) is 13.3. The number of aromatic nitrogens is 2. The number of aryl methyl sites for hydroxylation is 3. The molecule has 2 nitrogen and oxygen atoms in total. The van der Waals surface area contributed by atoms with Crippen molar-refractivity contribution >= 4 is 0 Å². The molecule has 1 aliphatic heterocycles. The molecule has 0 aliphatic carbocycles. The molecule has 0 amide bonds. The van der Waals surface area contributed by atoms with Crippen LogP contribution in [0, 0.1) is 6.92 Å². The zero-order valence-electron chi connectivity index (χ0n) is 28.0. The maximum atomic E-state index is 2.67. The first kappa shape index (κ1) is 31.0. The Hall–Kier alpha value is -4.04. The number of rotatable bonds is 11. The highest BCUT2D eigenvalue weighted by atomic mass is 15.1. The van der Waals surface area contributed by atoms with Gasteiger partial charge >= 0.3 is 0 Å². The number of hydrogen-bond acceptors (Lipinski definition) is 0. The Kier molecular flexibility index (Phi) is 9.04. The number of fused-ring (bicyclic) bond motifs is 3. The minimum atomic E-state index is -0.000961. The third-order valence-electron chi connectivity index (χ3n) is 11.0. The van der Waals surface area contributed by atoms with Crippen molar-refractivity contribution in [3.8, 4) is 33.6 Å². The Balaban J connectivity index is 1.32. The van der Waals surface area contributed by atoms with E-state index < -0.39 is 0 Å². The fourth-order valence-electron chi connectivity index (χ4n) is 8.25. The van der Waals surface area contributed by atoms with Crippen molar-refractivity contribution in [2.45, 2.75) is 97.1 Å². The number of hydrogen-bond donors (Lipinski definition) is 0. The molecule has 2 unspecified atom stereocenters. The average molecular weight is 595 g/mol. The lowest BCUT2D eigenvalue weighted by molar-refractivity contribution is -0.771. The van der Waals surface area contributed by atoms with Gasteiger partial charge in [0.15, 0.2) is 17.9 Å². The largest absolute Gasteiger partial charge is 0.213 e. The van der Waals surface area contributed by atoms with Gasteiger partial charge in [-0.2, -0.15) is 9.13 Å². The first-order valence-electron chi connectivity index (χ1n) is 17.3. The molecule has 3 aromatic carbocycles. The lowest BCUT2D eigenvalue weighted by atomic mass is 9.58. The number of pyridine rings is 2. The van der Waals surface area contributed by atoms with Gasteiger partial charge in [-0.25, -0.2) is 0 Å². The zero-order chi connectivity index (χ0) is 31.4. The zero-order valence-corrected chi connectivity index (χ0v) is 28.0. The minimum absolute atomic E-state index is 0.000961. The second-order valence-corrected chi connectivity index (χ2v) is 13.3. The van der Waals surface area contributed by atoms with E-state index in [2.05, 4.69) is 159 Å². The van der Waals surface area contributed by atoms with Crippen molar-refractivity contribution in [3.05, 3.63) is 132 Å². The van der Waals surface area contributed by atoms with Gasteiger partial charge < -0.3 is 0 Å². The van der Waals surface area contributed by atoms with Crippen LogP contribution >= 0.6 is 0 Å². The topological polar surface area (TPSA) is 7.76 Å². The maximum Gasteiger partial charge on any atom is 0.213 e. The summed E-state index contributed by atoms with van der Waals surface area (Å²) in [4.78, 5) is 0. The molecule has 230 valence electrons. The molecule has 2 aromatic heterocycles. The maximum absolute atomic E-state index is 2.67. The highest BCUT2D eigenvalue weighted by Crippen LogP contribution is 2.51. The van der Waals surface area contributed by atoms with Crippen LogP contribution < -0.4 is 9.13 Å². The Labute approximate surface area is 271 Å². The Morgan fingerprint density at radius 2 is 1.40 bits per heavy atom. The lowest BCUT2D eigenvalue weighted by Crippen LogP contribution is -2.69. The molecule has 0 saturated heterocycles. The van der Waals surface area contributed by atoms with E-state index in [1.54, 1.807) is 0 Å². The smallest absolute Gasteiger partial charge is 0.198 e. The van der Waals surface area contributed by atoms with Gasteiger partial charge in [0.1, 0.15) is 6.54 Å². The Morgan fingerprint density at radius 1 is 0.644 bits per heavy atom. The van der Waals surface area contributed by atoms with Gasteiger partial charge in [-0.1, -0.05) is 81.8 Å². The van der Waals surface area contributed by atoms with Crippen molar-refractivity contribution in [3.63, 3.8) is 0 Å². The molecule has 0 fully saturated rings. The molecular weight excluding hydrogens is 544 g/mol. The number of unbranched alkanes of at least 4 members (excludes halogenated alkanes) is 1. The van der Waals surface area contributed by atoms with Gasteiger partial charge in [-0.15, -0.1) is 0 Å². The van der Waals surface area contributed by atoms with Gasteiger partial charge in [-0.3, -0.25) is 0 Å². The number of benzene rings is 3. The minimum Gasteiger partial charge on any atom is -0.198 e. The third kappa shape index (κ3) is 5.54. The van der Waals surface area contributed by atoms with Crippen LogP contribution in [0.5, 0.6) is 0 Å². The van der Waals surface area contributed by atoms with Gasteiger partial charge in [0, 0.05) is 49.1 Å². The molecular formula is C43H50N2+2. The molecule has 1 aliphatic rings. The average Bonchev–Trinajstić information content (AvgIpc) is 3.09. The van der Waals surface area contributed by atoms with Gasteiger partial charge in [0.25, 0.3) is 0 Å². The van der Waals surface area contributed by atoms with Crippen LogP contribution in [0.3, 0.4) is 0 Å². The molecule has 45 heavy (non-hydrogen) atoms. The van der Waals surface area contributed by atoms with Crippen LogP contribution in [0.1, 0.15) is 82.9 Å². The second kappa shape index (κ2) is 13.1. The molecule has 0 spiro atoms. The van der Waals surface area contributed by atoms with Crippen molar-refractivity contribution in [2.24, 2.45) is 0 Å². The van der Waals surface area contributed by atoms with Crippen molar-refractivity contribution in [1.29, 1.82) is 0 Å². The van der Waals surface area contributed by atoms with E-state index in [4.69, 9.17) is 0 Å². The molecule has 3 heterocycles. The van der Waals surface area contributed by atoms with Gasteiger partial charge in [0.05, 0.1) is 11.0 Å². The highest BCUT2D eigenvalue weighted by molar-refractivity contribution is 5.71. The van der Waals surface area contributed by atoms with Crippen LogP contribution in [0.25, 0.3) is 33.6 Å². The van der Waals surface area contributed by atoms with Crippen molar-refractivity contribution in [2.75, 3.05) is 0 Å². The van der Waals surface area contributed by atoms with E-state index in [1.165, 1.54) is 63.2 Å². The molecule has 5 aromatic rings. The summed E-state index contributed by atoms with van der Waals surface area (Å²) >= 11 is 0. The molecule has 0 radical (unpaired) electrons. The Morgan fingerprint density at radius 3 is 2.13 bits per heavy atom.